The molecule has 0 saturated heterocycles. The number of primary amides is 1. The van der Waals surface area contributed by atoms with E-state index in [-0.39, 0.29) is 5.70 Å². The highest BCUT2D eigenvalue weighted by Crippen LogP contribution is 2.03. The monoisotopic (exact) mass is 180 g/mol. The van der Waals surface area contributed by atoms with E-state index >= 15 is 0 Å². The number of carbonyl (C=O) groups is 1. The molecule has 0 unspecified atom stereocenters. The fraction of sp³-hybridized carbons (Fsp3) is 0. The molecule has 0 radical (unpaired) electrons. The summed E-state index contributed by atoms with van der Waals surface area (Å²) in [7, 11) is 0. The lowest BCUT2D eigenvalue weighted by Crippen LogP contribution is -2.27. The van der Waals surface area contributed by atoms with Gasteiger partial charge in [-0.1, -0.05) is 6.08 Å². The molecule has 0 aromatic rings. The molecule has 0 saturated carbocycles. The van der Waals surface area contributed by atoms with E-state index in [1.54, 1.807) is 12.2 Å². The fourth-order valence-corrected chi connectivity index (χ4v) is 0.811. The number of nitrogens with one attached hydrogen (secondary N) is 2. The number of nitroso groups, excluding NO2 is 1. The normalized spacial score (nSPS) is 17.5. The van der Waals surface area contributed by atoms with Crippen LogP contribution in [0.1, 0.15) is 0 Å². The Balaban J connectivity index is 2.69. The topological polar surface area (TPSA) is 96.6 Å². The van der Waals surface area contributed by atoms with Crippen LogP contribution in [0, 0.1) is 4.91 Å². The average Bonchev–Trinajstić information content (AvgIpc) is 2.15. The van der Waals surface area contributed by atoms with Gasteiger partial charge in [0, 0.05) is 6.20 Å². The van der Waals surface area contributed by atoms with Crippen LogP contribution >= 0.6 is 0 Å². The summed E-state index contributed by atoms with van der Waals surface area (Å²) in [5.41, 5.74) is 7.92. The van der Waals surface area contributed by atoms with Crippen LogP contribution in [0.3, 0.4) is 0 Å². The Morgan fingerprint density at radius 2 is 2.46 bits per heavy atom. The number of carbonyl (C=O) groups excluding carboxylic acids is 1. The minimum absolute atomic E-state index is 0.265. The van der Waals surface area contributed by atoms with Crippen molar-refractivity contribution < 1.29 is 4.79 Å². The van der Waals surface area contributed by atoms with E-state index in [1.165, 1.54) is 12.3 Å². The molecule has 1 aliphatic heterocycles. The van der Waals surface area contributed by atoms with Crippen LogP contribution in [-0.2, 0) is 4.79 Å². The highest BCUT2D eigenvalue weighted by Gasteiger charge is 2.07. The predicted molar refractivity (Wildman–Crippen MR) is 46.6 cm³/mol. The standard InChI is InChI=1S/C7H8N4O2/c8-7(12)6-3-1-2-5(10-6)4-9-11-13/h1-4,10H,(H2,8,12)(H,9,13)/b5-4+. The van der Waals surface area contributed by atoms with Crippen molar-refractivity contribution in [3.8, 4) is 0 Å². The zero-order valence-electron chi connectivity index (χ0n) is 6.65. The van der Waals surface area contributed by atoms with Gasteiger partial charge in [0.15, 0.2) is 0 Å². The summed E-state index contributed by atoms with van der Waals surface area (Å²) in [6, 6.07) is 0. The quantitative estimate of drug-likeness (QED) is 0.407. The Labute approximate surface area is 74.1 Å². The number of hydrogen-bond acceptors (Lipinski definition) is 4. The van der Waals surface area contributed by atoms with Crippen molar-refractivity contribution >= 4 is 5.91 Å². The number of allylic oxidation sites excluding steroid dienone is 3. The van der Waals surface area contributed by atoms with E-state index in [4.69, 9.17) is 5.73 Å². The Morgan fingerprint density at radius 1 is 1.69 bits per heavy atom. The third-order valence-corrected chi connectivity index (χ3v) is 1.36. The lowest BCUT2D eigenvalue weighted by molar-refractivity contribution is -0.114. The average molecular weight is 180 g/mol. The molecule has 1 heterocycles. The molecule has 1 amide bonds. The first kappa shape index (κ1) is 8.98. The summed E-state index contributed by atoms with van der Waals surface area (Å²) in [4.78, 5) is 20.4. The van der Waals surface area contributed by atoms with Crippen molar-refractivity contribution in [3.63, 3.8) is 0 Å². The van der Waals surface area contributed by atoms with Gasteiger partial charge in [0.25, 0.3) is 5.91 Å². The smallest absolute Gasteiger partial charge is 0.265 e. The van der Waals surface area contributed by atoms with Crippen molar-refractivity contribution in [2.24, 2.45) is 11.0 Å². The van der Waals surface area contributed by atoms with Gasteiger partial charge < -0.3 is 11.1 Å². The first-order valence-corrected chi connectivity index (χ1v) is 3.47. The van der Waals surface area contributed by atoms with Crippen LogP contribution in [0.5, 0.6) is 0 Å². The summed E-state index contributed by atoms with van der Waals surface area (Å²) in [5.74, 6) is -0.561. The number of dihydropyridines is 1. The van der Waals surface area contributed by atoms with Crippen LogP contribution in [0.4, 0.5) is 0 Å². The molecule has 0 fully saturated rings. The lowest BCUT2D eigenvalue weighted by Gasteiger charge is -2.10. The van der Waals surface area contributed by atoms with Crippen LogP contribution in [0.15, 0.2) is 41.1 Å². The fourth-order valence-electron chi connectivity index (χ4n) is 0.811. The van der Waals surface area contributed by atoms with Gasteiger partial charge in [0.1, 0.15) is 5.70 Å². The number of hydrogen-bond donors (Lipinski definition) is 3. The summed E-state index contributed by atoms with van der Waals surface area (Å²) in [6.07, 6.45) is 6.15. The molecule has 0 aromatic carbocycles. The third-order valence-electron chi connectivity index (χ3n) is 1.36. The second kappa shape index (κ2) is 4.05. The van der Waals surface area contributed by atoms with Gasteiger partial charge in [-0.05, 0) is 12.2 Å². The van der Waals surface area contributed by atoms with Gasteiger partial charge in [-0.25, -0.2) is 5.43 Å². The molecule has 4 N–H and O–H groups in total. The van der Waals surface area contributed by atoms with Gasteiger partial charge in [-0.2, -0.15) is 0 Å². The van der Waals surface area contributed by atoms with Gasteiger partial charge in [-0.3, -0.25) is 4.79 Å². The number of amides is 1. The van der Waals surface area contributed by atoms with Crippen molar-refractivity contribution in [2.75, 3.05) is 0 Å². The third kappa shape index (κ3) is 2.44. The van der Waals surface area contributed by atoms with Crippen LogP contribution in [0.2, 0.25) is 0 Å². The largest absolute Gasteiger partial charge is 0.364 e. The van der Waals surface area contributed by atoms with Gasteiger partial charge in [-0.15, -0.1) is 4.91 Å². The molecule has 6 nitrogen and oxygen atoms in total. The number of nitrogens with zero attached hydrogens (tertiary/aromatic N) is 1. The molecule has 0 bridgehead atoms. The predicted octanol–water partition coefficient (Wildman–Crippen LogP) is -0.373. The van der Waals surface area contributed by atoms with Crippen molar-refractivity contribution in [1.29, 1.82) is 0 Å². The van der Waals surface area contributed by atoms with Crippen molar-refractivity contribution in [1.82, 2.24) is 10.7 Å². The Kier molecular flexibility index (Phi) is 2.80. The maximum absolute atomic E-state index is 10.7. The SMILES string of the molecule is NC(=O)C1=CC=C/C(=C\NN=O)N1. The van der Waals surface area contributed by atoms with E-state index < -0.39 is 5.91 Å². The first-order chi connectivity index (χ1) is 6.24. The zero-order valence-corrected chi connectivity index (χ0v) is 6.65. The minimum Gasteiger partial charge on any atom is -0.364 e. The molecule has 0 aromatic heterocycles. The summed E-state index contributed by atoms with van der Waals surface area (Å²) >= 11 is 0. The van der Waals surface area contributed by atoms with Crippen LogP contribution in [0.25, 0.3) is 0 Å². The molecule has 13 heavy (non-hydrogen) atoms. The zero-order chi connectivity index (χ0) is 9.68. The minimum atomic E-state index is -0.561. The molecule has 6 heteroatoms. The Hall–Kier alpha value is -2.11. The Bertz CT molecular complexity index is 316. The molecule has 1 aliphatic rings. The van der Waals surface area contributed by atoms with Crippen LogP contribution in [-0.4, -0.2) is 5.91 Å². The molecule has 0 atom stereocenters. The summed E-state index contributed by atoms with van der Waals surface area (Å²) in [6.45, 7) is 0. The summed E-state index contributed by atoms with van der Waals surface area (Å²) < 4.78 is 0. The second-order valence-electron chi connectivity index (χ2n) is 2.25. The molecule has 68 valence electrons. The first-order valence-electron chi connectivity index (χ1n) is 3.47. The summed E-state index contributed by atoms with van der Waals surface area (Å²) in [5, 5.41) is 5.10. The van der Waals surface area contributed by atoms with Gasteiger partial charge >= 0.3 is 0 Å². The molecule has 1 rings (SSSR count). The van der Waals surface area contributed by atoms with E-state index in [1.807, 2.05) is 0 Å². The maximum atomic E-state index is 10.7. The highest BCUT2D eigenvalue weighted by molar-refractivity contribution is 5.92. The molecular formula is C7H8N4O2. The van der Waals surface area contributed by atoms with E-state index in [0.717, 1.165) is 0 Å². The van der Waals surface area contributed by atoms with Gasteiger partial charge in [0.2, 0.25) is 0 Å². The van der Waals surface area contributed by atoms with Crippen LogP contribution < -0.4 is 16.5 Å². The van der Waals surface area contributed by atoms with E-state index in [0.29, 0.717) is 5.70 Å². The van der Waals surface area contributed by atoms with Crippen molar-refractivity contribution in [2.45, 2.75) is 0 Å². The van der Waals surface area contributed by atoms with Crippen molar-refractivity contribution in [3.05, 3.63) is 40.7 Å². The Morgan fingerprint density at radius 3 is 3.08 bits per heavy atom. The second-order valence-corrected chi connectivity index (χ2v) is 2.25. The number of rotatable bonds is 3. The number of nitrogens with two attached hydrogens (primary N) is 1. The van der Waals surface area contributed by atoms with E-state index in [2.05, 4.69) is 16.0 Å². The maximum Gasteiger partial charge on any atom is 0.265 e. The lowest BCUT2D eigenvalue weighted by atomic mass is 10.2. The highest BCUT2D eigenvalue weighted by atomic mass is 16.3. The molecule has 0 spiro atoms. The van der Waals surface area contributed by atoms with E-state index in [9.17, 15) is 9.70 Å². The molecule has 0 aliphatic carbocycles. The van der Waals surface area contributed by atoms with Gasteiger partial charge in [0.05, 0.1) is 11.0 Å². The molecular weight excluding hydrogens is 172 g/mol.